The lowest BCUT2D eigenvalue weighted by atomic mass is 9.94. The van der Waals surface area contributed by atoms with Crippen molar-refractivity contribution in [1.82, 2.24) is 0 Å². The Labute approximate surface area is 103 Å². The molecule has 0 aliphatic rings. The van der Waals surface area contributed by atoms with Gasteiger partial charge in [-0.05, 0) is 37.8 Å². The van der Waals surface area contributed by atoms with Gasteiger partial charge >= 0.3 is 5.97 Å². The molecule has 2 heteroatoms. The van der Waals surface area contributed by atoms with Gasteiger partial charge in [-0.3, -0.25) is 0 Å². The summed E-state index contributed by atoms with van der Waals surface area (Å²) in [6.07, 6.45) is 3.15. The molecule has 0 unspecified atom stereocenters. The molecule has 17 heavy (non-hydrogen) atoms. The summed E-state index contributed by atoms with van der Waals surface area (Å²) in [5.74, 6) is -0.839. The first kappa shape index (κ1) is 13.5. The van der Waals surface area contributed by atoms with Crippen molar-refractivity contribution in [3.05, 3.63) is 41.0 Å². The number of aryl methyl sites for hydroxylation is 1. The fourth-order valence-corrected chi connectivity index (χ4v) is 1.95. The Morgan fingerprint density at radius 1 is 1.24 bits per heavy atom. The number of carbonyl (C=O) groups is 1. The summed E-state index contributed by atoms with van der Waals surface area (Å²) in [7, 11) is 0. The van der Waals surface area contributed by atoms with Gasteiger partial charge in [0.05, 0.1) is 5.57 Å². The largest absolute Gasteiger partial charge is 0.478 e. The van der Waals surface area contributed by atoms with Gasteiger partial charge in [0.2, 0.25) is 0 Å². The number of aliphatic carboxylic acids is 1. The Balaban J connectivity index is 3.20. The Morgan fingerprint density at radius 3 is 2.41 bits per heavy atom. The maximum atomic E-state index is 11.3. The Hall–Kier alpha value is -1.57. The third kappa shape index (κ3) is 3.45. The molecule has 1 aromatic rings. The van der Waals surface area contributed by atoms with Crippen LogP contribution in [0.3, 0.4) is 0 Å². The summed E-state index contributed by atoms with van der Waals surface area (Å²) in [6.45, 7) is 5.84. The van der Waals surface area contributed by atoms with E-state index >= 15 is 0 Å². The first-order valence-corrected chi connectivity index (χ1v) is 6.07. The predicted molar refractivity (Wildman–Crippen MR) is 71.0 cm³/mol. The monoisotopic (exact) mass is 232 g/mol. The average molecular weight is 232 g/mol. The molecule has 0 fully saturated rings. The van der Waals surface area contributed by atoms with Gasteiger partial charge in [-0.25, -0.2) is 4.79 Å². The number of hydrogen-bond acceptors (Lipinski definition) is 1. The summed E-state index contributed by atoms with van der Waals surface area (Å²) in [6, 6.07) is 7.80. The van der Waals surface area contributed by atoms with Crippen LogP contribution >= 0.6 is 0 Å². The molecule has 0 heterocycles. The summed E-state index contributed by atoms with van der Waals surface area (Å²) in [5, 5.41) is 9.29. The maximum Gasteiger partial charge on any atom is 0.336 e. The summed E-state index contributed by atoms with van der Waals surface area (Å²) < 4.78 is 0. The molecule has 0 aromatic heterocycles. The molecule has 92 valence electrons. The molecule has 0 aliphatic heterocycles. The first-order chi connectivity index (χ1) is 8.07. The van der Waals surface area contributed by atoms with Gasteiger partial charge in [-0.15, -0.1) is 0 Å². The van der Waals surface area contributed by atoms with Crippen molar-refractivity contribution in [2.75, 3.05) is 0 Å². The van der Waals surface area contributed by atoms with E-state index in [1.807, 2.05) is 38.1 Å². The second-order valence-electron chi connectivity index (χ2n) is 4.44. The highest BCUT2D eigenvalue weighted by atomic mass is 16.4. The second kappa shape index (κ2) is 6.24. The van der Waals surface area contributed by atoms with Crippen LogP contribution in [0.5, 0.6) is 0 Å². The van der Waals surface area contributed by atoms with E-state index in [2.05, 4.69) is 6.92 Å². The van der Waals surface area contributed by atoms with Crippen LogP contribution in [0.15, 0.2) is 29.8 Å². The van der Waals surface area contributed by atoms with Gasteiger partial charge in [0, 0.05) is 0 Å². The fourth-order valence-electron chi connectivity index (χ4n) is 1.95. The quantitative estimate of drug-likeness (QED) is 0.781. The SMILES string of the molecule is CCCCc1ccccc1C(C(=O)O)=C(C)C. The molecule has 1 N–H and O–H groups in total. The lowest BCUT2D eigenvalue weighted by Gasteiger charge is -2.11. The molecule has 0 spiro atoms. The van der Waals surface area contributed by atoms with Crippen molar-refractivity contribution in [3.63, 3.8) is 0 Å². The van der Waals surface area contributed by atoms with Crippen LogP contribution in [0.1, 0.15) is 44.7 Å². The van der Waals surface area contributed by atoms with Crippen molar-refractivity contribution in [2.45, 2.75) is 40.0 Å². The van der Waals surface area contributed by atoms with Crippen molar-refractivity contribution in [2.24, 2.45) is 0 Å². The third-order valence-electron chi connectivity index (χ3n) is 2.80. The van der Waals surface area contributed by atoms with Crippen LogP contribution < -0.4 is 0 Å². The fraction of sp³-hybridized carbons (Fsp3) is 0.400. The normalized spacial score (nSPS) is 10.1. The standard InChI is InChI=1S/C15H20O2/c1-4-5-8-12-9-6-7-10-13(12)14(11(2)3)15(16)17/h6-7,9-10H,4-5,8H2,1-3H3,(H,16,17). The highest BCUT2D eigenvalue weighted by molar-refractivity contribution is 6.16. The van der Waals surface area contributed by atoms with Gasteiger partial charge in [0.15, 0.2) is 0 Å². The first-order valence-electron chi connectivity index (χ1n) is 6.07. The van der Waals surface area contributed by atoms with E-state index in [4.69, 9.17) is 0 Å². The number of unbranched alkanes of at least 4 members (excludes halogenated alkanes) is 1. The van der Waals surface area contributed by atoms with Crippen LogP contribution in [-0.4, -0.2) is 11.1 Å². The summed E-state index contributed by atoms with van der Waals surface area (Å²) in [5.41, 5.74) is 3.29. The topological polar surface area (TPSA) is 37.3 Å². The van der Waals surface area contributed by atoms with Crippen LogP contribution in [0.4, 0.5) is 0 Å². The van der Waals surface area contributed by atoms with Crippen molar-refractivity contribution < 1.29 is 9.90 Å². The van der Waals surface area contributed by atoms with E-state index in [0.29, 0.717) is 5.57 Å². The number of carboxylic acids is 1. The number of allylic oxidation sites excluding steroid dienone is 1. The molecule has 0 atom stereocenters. The van der Waals surface area contributed by atoms with Gasteiger partial charge in [0.25, 0.3) is 0 Å². The number of hydrogen-bond donors (Lipinski definition) is 1. The zero-order valence-corrected chi connectivity index (χ0v) is 10.8. The van der Waals surface area contributed by atoms with Crippen LogP contribution in [0, 0.1) is 0 Å². The number of benzene rings is 1. The minimum absolute atomic E-state index is 0.441. The Morgan fingerprint density at radius 2 is 1.88 bits per heavy atom. The van der Waals surface area contributed by atoms with Crippen LogP contribution in [0.2, 0.25) is 0 Å². The van der Waals surface area contributed by atoms with Gasteiger partial charge in [-0.2, -0.15) is 0 Å². The zero-order valence-electron chi connectivity index (χ0n) is 10.8. The van der Waals surface area contributed by atoms with Crippen LogP contribution in [-0.2, 0) is 11.2 Å². The predicted octanol–water partition coefficient (Wildman–Crippen LogP) is 3.91. The zero-order chi connectivity index (χ0) is 12.8. The minimum Gasteiger partial charge on any atom is -0.478 e. The van der Waals surface area contributed by atoms with Crippen molar-refractivity contribution in [3.8, 4) is 0 Å². The molecular weight excluding hydrogens is 212 g/mol. The molecule has 0 radical (unpaired) electrons. The molecule has 0 saturated heterocycles. The van der Waals surface area contributed by atoms with Gasteiger partial charge in [0.1, 0.15) is 0 Å². The molecule has 0 bridgehead atoms. The lowest BCUT2D eigenvalue weighted by Crippen LogP contribution is -2.04. The maximum absolute atomic E-state index is 11.3. The second-order valence-corrected chi connectivity index (χ2v) is 4.44. The lowest BCUT2D eigenvalue weighted by molar-refractivity contribution is -0.130. The van der Waals surface area contributed by atoms with E-state index in [0.717, 1.165) is 36.0 Å². The van der Waals surface area contributed by atoms with Crippen molar-refractivity contribution >= 4 is 11.5 Å². The molecule has 0 aliphatic carbocycles. The van der Waals surface area contributed by atoms with Crippen molar-refractivity contribution in [1.29, 1.82) is 0 Å². The van der Waals surface area contributed by atoms with E-state index in [1.165, 1.54) is 0 Å². The van der Waals surface area contributed by atoms with Gasteiger partial charge < -0.3 is 5.11 Å². The summed E-state index contributed by atoms with van der Waals surface area (Å²) in [4.78, 5) is 11.3. The minimum atomic E-state index is -0.839. The van der Waals surface area contributed by atoms with Gasteiger partial charge in [-0.1, -0.05) is 43.2 Å². The Bertz CT molecular complexity index is 426. The number of carboxylic acid groups (broad SMARTS) is 1. The molecule has 0 saturated carbocycles. The van der Waals surface area contributed by atoms with E-state index in [1.54, 1.807) is 0 Å². The average Bonchev–Trinajstić information content (AvgIpc) is 2.27. The van der Waals surface area contributed by atoms with E-state index < -0.39 is 5.97 Å². The molecule has 0 amide bonds. The smallest absolute Gasteiger partial charge is 0.336 e. The molecule has 1 rings (SSSR count). The highest BCUT2D eigenvalue weighted by Gasteiger charge is 2.15. The highest BCUT2D eigenvalue weighted by Crippen LogP contribution is 2.24. The molecule has 2 nitrogen and oxygen atoms in total. The van der Waals surface area contributed by atoms with E-state index in [-0.39, 0.29) is 0 Å². The summed E-state index contributed by atoms with van der Waals surface area (Å²) >= 11 is 0. The molecular formula is C15H20O2. The molecule has 1 aromatic carbocycles. The Kier molecular flexibility index (Phi) is 4.95. The number of rotatable bonds is 5. The van der Waals surface area contributed by atoms with Crippen LogP contribution in [0.25, 0.3) is 5.57 Å². The van der Waals surface area contributed by atoms with E-state index in [9.17, 15) is 9.90 Å². The third-order valence-corrected chi connectivity index (χ3v) is 2.80.